The van der Waals surface area contributed by atoms with E-state index >= 15 is 0 Å². The van der Waals surface area contributed by atoms with Crippen LogP contribution < -0.4 is 4.90 Å². The fraction of sp³-hybridized carbons (Fsp3) is 0.0909. The Balaban J connectivity index is 0.905. The lowest BCUT2D eigenvalue weighted by Gasteiger charge is -2.30. The van der Waals surface area contributed by atoms with Gasteiger partial charge in [-0.25, -0.2) is 0 Å². The van der Waals surface area contributed by atoms with Gasteiger partial charge in [-0.3, -0.25) is 0 Å². The van der Waals surface area contributed by atoms with Crippen molar-refractivity contribution < 1.29 is 0 Å². The van der Waals surface area contributed by atoms with Crippen molar-refractivity contribution in [3.63, 3.8) is 0 Å². The molecule has 324 valence electrons. The van der Waals surface area contributed by atoms with Crippen molar-refractivity contribution in [3.8, 4) is 66.8 Å². The summed E-state index contributed by atoms with van der Waals surface area (Å²) in [6, 6.07) is 83.6. The Morgan fingerprint density at radius 1 is 0.294 bits per heavy atom. The average Bonchev–Trinajstić information content (AvgIpc) is 3.96. The molecule has 1 aromatic heterocycles. The van der Waals surface area contributed by atoms with Crippen LogP contribution in [0.5, 0.6) is 0 Å². The Kier molecular flexibility index (Phi) is 9.16. The first-order valence-electron chi connectivity index (χ1n) is 23.8. The minimum atomic E-state index is -0.218. The molecule has 0 unspecified atom stereocenters. The van der Waals surface area contributed by atoms with Gasteiger partial charge in [0.2, 0.25) is 0 Å². The van der Waals surface area contributed by atoms with E-state index in [9.17, 15) is 0 Å². The van der Waals surface area contributed by atoms with Crippen LogP contribution in [0.15, 0.2) is 224 Å². The zero-order chi connectivity index (χ0) is 45.7. The van der Waals surface area contributed by atoms with Gasteiger partial charge in [0.15, 0.2) is 0 Å². The number of fused-ring (bicyclic) bond motifs is 9. The maximum atomic E-state index is 2.48. The van der Waals surface area contributed by atoms with Gasteiger partial charge < -0.3 is 4.90 Å². The van der Waals surface area contributed by atoms with E-state index in [1.807, 2.05) is 11.3 Å². The highest BCUT2D eigenvalue weighted by atomic mass is 32.1. The third-order valence-corrected chi connectivity index (χ3v) is 16.3. The molecule has 0 fully saturated rings. The van der Waals surface area contributed by atoms with E-state index in [0.29, 0.717) is 0 Å². The van der Waals surface area contributed by atoms with Crippen LogP contribution in [0.4, 0.5) is 17.1 Å². The highest BCUT2D eigenvalue weighted by molar-refractivity contribution is 7.26. The molecule has 10 aromatic carbocycles. The molecule has 68 heavy (non-hydrogen) atoms. The van der Waals surface area contributed by atoms with Gasteiger partial charge >= 0.3 is 0 Å². The lowest BCUT2D eigenvalue weighted by atomic mass is 9.81. The summed E-state index contributed by atoms with van der Waals surface area (Å²) in [5.41, 5.74) is 23.7. The lowest BCUT2D eigenvalue weighted by Crippen LogP contribution is -2.18. The van der Waals surface area contributed by atoms with Crippen molar-refractivity contribution >= 4 is 48.6 Å². The number of anilines is 3. The molecule has 0 radical (unpaired) electrons. The topological polar surface area (TPSA) is 3.24 Å². The molecule has 0 bridgehead atoms. The van der Waals surface area contributed by atoms with Gasteiger partial charge in [0.25, 0.3) is 0 Å². The zero-order valence-electron chi connectivity index (χ0n) is 38.7. The van der Waals surface area contributed by atoms with E-state index < -0.39 is 0 Å². The van der Waals surface area contributed by atoms with Gasteiger partial charge in [-0.05, 0) is 144 Å². The van der Waals surface area contributed by atoms with Crippen LogP contribution in [0.1, 0.15) is 49.9 Å². The first-order valence-corrected chi connectivity index (χ1v) is 24.6. The minimum absolute atomic E-state index is 0.188. The normalized spacial score (nSPS) is 13.8. The molecule has 0 saturated heterocycles. The summed E-state index contributed by atoms with van der Waals surface area (Å²) in [4.78, 5) is 2.48. The van der Waals surface area contributed by atoms with Gasteiger partial charge in [0, 0.05) is 48.1 Å². The van der Waals surface area contributed by atoms with Gasteiger partial charge in [-0.1, -0.05) is 198 Å². The van der Waals surface area contributed by atoms with Crippen molar-refractivity contribution in [1.29, 1.82) is 0 Å². The predicted molar refractivity (Wildman–Crippen MR) is 291 cm³/mol. The molecule has 1 nitrogen and oxygen atoms in total. The van der Waals surface area contributed by atoms with Gasteiger partial charge in [-0.15, -0.1) is 11.3 Å². The number of hydrogen-bond donors (Lipinski definition) is 0. The van der Waals surface area contributed by atoms with Crippen molar-refractivity contribution in [2.24, 2.45) is 0 Å². The van der Waals surface area contributed by atoms with Crippen molar-refractivity contribution in [2.45, 2.75) is 38.5 Å². The van der Waals surface area contributed by atoms with E-state index in [4.69, 9.17) is 0 Å². The second kappa shape index (κ2) is 15.4. The van der Waals surface area contributed by atoms with Crippen LogP contribution in [0.25, 0.3) is 86.9 Å². The maximum Gasteiger partial charge on any atom is 0.0465 e. The Hall–Kier alpha value is -7.78. The molecule has 13 rings (SSSR count). The summed E-state index contributed by atoms with van der Waals surface area (Å²) in [5, 5.41) is 2.67. The molecule has 2 heteroatoms. The first kappa shape index (κ1) is 40.5. The van der Waals surface area contributed by atoms with Gasteiger partial charge in [-0.2, -0.15) is 0 Å². The molecule has 0 spiro atoms. The summed E-state index contributed by atoms with van der Waals surface area (Å²) in [6.45, 7) is 9.60. The number of nitrogens with zero attached hydrogens (tertiary/aromatic N) is 1. The van der Waals surface area contributed by atoms with Crippen molar-refractivity contribution in [3.05, 3.63) is 247 Å². The van der Waals surface area contributed by atoms with Crippen LogP contribution in [0, 0.1) is 0 Å². The van der Waals surface area contributed by atoms with E-state index in [1.54, 1.807) is 0 Å². The highest BCUT2D eigenvalue weighted by Crippen LogP contribution is 2.54. The molecule has 0 N–H and O–H groups in total. The molecule has 0 saturated carbocycles. The summed E-state index contributed by atoms with van der Waals surface area (Å²) in [6.07, 6.45) is 0. The minimum Gasteiger partial charge on any atom is -0.310 e. The number of hydrogen-bond acceptors (Lipinski definition) is 2. The molecular weight excluding hydrogens is 839 g/mol. The number of rotatable bonds is 7. The molecule has 2 aliphatic rings. The third kappa shape index (κ3) is 6.35. The van der Waals surface area contributed by atoms with Crippen LogP contribution >= 0.6 is 11.3 Å². The molecule has 0 aliphatic heterocycles. The smallest absolute Gasteiger partial charge is 0.0465 e. The van der Waals surface area contributed by atoms with Crippen molar-refractivity contribution in [1.82, 2.24) is 0 Å². The van der Waals surface area contributed by atoms with Gasteiger partial charge in [0.1, 0.15) is 0 Å². The Morgan fingerprint density at radius 3 is 1.26 bits per heavy atom. The second-order valence-corrected chi connectivity index (χ2v) is 20.8. The average molecular weight is 888 g/mol. The SMILES string of the molecule is CC1(C)c2cc(-c3ccccc3)ccc2-c2ccc(N(c3ccc(-c4ccc(-c5ccccc5)cc4)cc3)c3ccc4c(c3)C(C)(C)c3cc(-c5cccc6c5sc5ccccc56)ccc3-4)cc21. The van der Waals surface area contributed by atoms with Crippen molar-refractivity contribution in [2.75, 3.05) is 4.90 Å². The third-order valence-electron chi connectivity index (χ3n) is 15.1. The summed E-state index contributed by atoms with van der Waals surface area (Å²) < 4.78 is 2.69. The number of thiophene rings is 1. The molecule has 1 heterocycles. The molecular formula is C66H49NS. The molecule has 11 aromatic rings. The second-order valence-electron chi connectivity index (χ2n) is 19.7. The molecule has 2 aliphatic carbocycles. The number of benzene rings is 10. The zero-order valence-corrected chi connectivity index (χ0v) is 39.5. The summed E-state index contributed by atoms with van der Waals surface area (Å²) in [5.74, 6) is 0. The Bertz CT molecular complexity index is 3760. The van der Waals surface area contributed by atoms with Gasteiger partial charge in [0.05, 0.1) is 0 Å². The molecule has 0 atom stereocenters. The quantitative estimate of drug-likeness (QED) is 0.154. The van der Waals surface area contributed by atoms with Crippen LogP contribution in [0.3, 0.4) is 0 Å². The largest absolute Gasteiger partial charge is 0.310 e. The highest BCUT2D eigenvalue weighted by Gasteiger charge is 2.38. The van der Waals surface area contributed by atoms with E-state index in [0.717, 1.165) is 17.1 Å². The van der Waals surface area contributed by atoms with Crippen LogP contribution in [-0.2, 0) is 10.8 Å². The fourth-order valence-electron chi connectivity index (χ4n) is 11.4. The monoisotopic (exact) mass is 887 g/mol. The fourth-order valence-corrected chi connectivity index (χ4v) is 12.7. The predicted octanol–water partition coefficient (Wildman–Crippen LogP) is 18.8. The Morgan fingerprint density at radius 2 is 0.691 bits per heavy atom. The van der Waals surface area contributed by atoms with Crippen LogP contribution in [0.2, 0.25) is 0 Å². The Labute approximate surface area is 403 Å². The maximum absolute atomic E-state index is 2.48. The standard InChI is InChI=1S/C66H49NS/c1-65(2)59-38-47(43-16-9-6-10-17-43)28-34-53(59)55-36-32-50(40-61(55)65)67(49-30-26-46(27-31-49)45-24-22-44(23-25-45)42-14-7-5-8-15-42)51-33-37-56-54-35-29-48(39-60(54)66(3,4)62(56)41-51)52-19-13-20-58-57-18-11-12-21-63(57)68-64(52)58/h5-41H,1-4H3. The molecule has 0 amide bonds. The summed E-state index contributed by atoms with van der Waals surface area (Å²) >= 11 is 1.90. The lowest BCUT2D eigenvalue weighted by molar-refractivity contribution is 0.660. The first-order chi connectivity index (χ1) is 33.2. The van der Waals surface area contributed by atoms with E-state index in [2.05, 4.69) is 257 Å². The van der Waals surface area contributed by atoms with E-state index in [1.165, 1.54) is 109 Å². The van der Waals surface area contributed by atoms with E-state index in [-0.39, 0.29) is 10.8 Å². The van der Waals surface area contributed by atoms with Crippen LogP contribution in [-0.4, -0.2) is 0 Å². The summed E-state index contributed by atoms with van der Waals surface area (Å²) in [7, 11) is 0.